The number of aliphatic imine (C=N–C) groups is 1. The van der Waals surface area contributed by atoms with Crippen LogP contribution < -0.4 is 5.32 Å². The zero-order chi connectivity index (χ0) is 18.1. The molecule has 0 saturated heterocycles. The number of nitrogens with one attached hydrogen (secondary N) is 1. The molecular formula is C21H16FN3O. The van der Waals surface area contributed by atoms with Crippen molar-refractivity contribution in [1.29, 1.82) is 0 Å². The second kappa shape index (κ2) is 6.52. The first-order valence-corrected chi connectivity index (χ1v) is 8.29. The minimum atomic E-state index is -0.703. The van der Waals surface area contributed by atoms with Gasteiger partial charge in [-0.1, -0.05) is 30.3 Å². The maximum Gasteiger partial charge on any atom is 0.254 e. The van der Waals surface area contributed by atoms with Crippen molar-refractivity contribution in [2.24, 2.45) is 4.99 Å². The molecule has 1 aliphatic heterocycles. The molecule has 3 aromatic rings. The van der Waals surface area contributed by atoms with Gasteiger partial charge >= 0.3 is 0 Å². The monoisotopic (exact) mass is 345 g/mol. The molecule has 26 heavy (non-hydrogen) atoms. The third-order valence-electron chi connectivity index (χ3n) is 4.27. The zero-order valence-electron chi connectivity index (χ0n) is 14.1. The number of carbonyl (C=O) groups excluding carboxylic acids is 1. The number of amides is 1. The van der Waals surface area contributed by atoms with Crippen LogP contribution in [-0.4, -0.2) is 16.6 Å². The smallest absolute Gasteiger partial charge is 0.254 e. The fraction of sp³-hybridized carbons (Fsp3) is 0.0952. The van der Waals surface area contributed by atoms with Crippen LogP contribution in [0.4, 0.5) is 10.2 Å². The van der Waals surface area contributed by atoms with Crippen molar-refractivity contribution < 1.29 is 9.18 Å². The summed E-state index contributed by atoms with van der Waals surface area (Å²) in [6, 6.07) is 18.5. The van der Waals surface area contributed by atoms with Crippen LogP contribution in [0.1, 0.15) is 28.4 Å². The summed E-state index contributed by atoms with van der Waals surface area (Å²) in [5.74, 6) is -0.0943. The van der Waals surface area contributed by atoms with Crippen LogP contribution in [0.2, 0.25) is 0 Å². The first kappa shape index (κ1) is 16.1. The van der Waals surface area contributed by atoms with E-state index in [0.717, 1.165) is 16.8 Å². The second-order valence-electron chi connectivity index (χ2n) is 6.14. The molecule has 1 amide bonds. The van der Waals surface area contributed by atoms with Gasteiger partial charge in [-0.15, -0.1) is 0 Å². The third-order valence-corrected chi connectivity index (χ3v) is 4.27. The summed E-state index contributed by atoms with van der Waals surface area (Å²) < 4.78 is 13.4. The molecule has 0 fully saturated rings. The molecule has 0 spiro atoms. The molecule has 5 heteroatoms. The highest BCUT2D eigenvalue weighted by molar-refractivity contribution is 6.19. The summed E-state index contributed by atoms with van der Waals surface area (Å²) in [6.07, 6.45) is 0. The van der Waals surface area contributed by atoms with E-state index in [4.69, 9.17) is 4.99 Å². The van der Waals surface area contributed by atoms with Crippen molar-refractivity contribution in [3.63, 3.8) is 0 Å². The van der Waals surface area contributed by atoms with Crippen molar-refractivity contribution in [3.8, 4) is 0 Å². The number of fused-ring (bicyclic) bond motifs is 1. The van der Waals surface area contributed by atoms with E-state index >= 15 is 0 Å². The Labute approximate surface area is 150 Å². The number of halogens is 1. The van der Waals surface area contributed by atoms with E-state index in [-0.39, 0.29) is 11.7 Å². The van der Waals surface area contributed by atoms with Gasteiger partial charge in [-0.2, -0.15) is 0 Å². The van der Waals surface area contributed by atoms with Gasteiger partial charge in [0.1, 0.15) is 11.6 Å². The Bertz CT molecular complexity index is 998. The SMILES string of the molecule is Cc1ccc2c(n1)NC(=O)C(c1ccccc1)N=C2c1ccc(F)cc1. The second-order valence-corrected chi connectivity index (χ2v) is 6.14. The minimum Gasteiger partial charge on any atom is -0.308 e. The van der Waals surface area contributed by atoms with Gasteiger partial charge in [0.25, 0.3) is 5.91 Å². The van der Waals surface area contributed by atoms with Crippen LogP contribution in [-0.2, 0) is 4.79 Å². The van der Waals surface area contributed by atoms with Crippen molar-refractivity contribution in [2.45, 2.75) is 13.0 Å². The Balaban J connectivity index is 1.92. The van der Waals surface area contributed by atoms with Crippen LogP contribution in [0.3, 0.4) is 0 Å². The van der Waals surface area contributed by atoms with Gasteiger partial charge in [0.05, 0.1) is 5.71 Å². The quantitative estimate of drug-likeness (QED) is 0.761. The number of hydrogen-bond donors (Lipinski definition) is 1. The minimum absolute atomic E-state index is 0.243. The normalized spacial score (nSPS) is 16.3. The molecule has 0 bridgehead atoms. The van der Waals surface area contributed by atoms with Crippen LogP contribution in [0.25, 0.3) is 0 Å². The molecule has 2 aromatic carbocycles. The lowest BCUT2D eigenvalue weighted by Crippen LogP contribution is -2.19. The number of hydrogen-bond acceptors (Lipinski definition) is 3. The van der Waals surface area contributed by atoms with E-state index in [1.165, 1.54) is 12.1 Å². The van der Waals surface area contributed by atoms with Crippen molar-refractivity contribution in [1.82, 2.24) is 4.98 Å². The first-order chi connectivity index (χ1) is 12.6. The first-order valence-electron chi connectivity index (χ1n) is 8.29. The summed E-state index contributed by atoms with van der Waals surface area (Å²) in [7, 11) is 0. The standard InChI is InChI=1S/C21H16FN3O/c1-13-7-12-17-18(15-8-10-16(22)11-9-15)24-19(14-5-3-2-4-6-14)21(26)25-20(17)23-13/h2-12,19H,1H3,(H,23,25,26). The molecule has 0 aliphatic carbocycles. The predicted molar refractivity (Wildman–Crippen MR) is 98.8 cm³/mol. The highest BCUT2D eigenvalue weighted by atomic mass is 19.1. The number of nitrogens with zero attached hydrogens (tertiary/aromatic N) is 2. The number of aryl methyl sites for hydroxylation is 1. The molecule has 1 aromatic heterocycles. The Morgan fingerprint density at radius 1 is 0.962 bits per heavy atom. The summed E-state index contributed by atoms with van der Waals surface area (Å²) in [4.78, 5) is 22.0. The average Bonchev–Trinajstić information content (AvgIpc) is 2.79. The molecule has 0 radical (unpaired) electrons. The molecular weight excluding hydrogens is 329 g/mol. The van der Waals surface area contributed by atoms with Crippen LogP contribution >= 0.6 is 0 Å². The van der Waals surface area contributed by atoms with E-state index in [1.54, 1.807) is 12.1 Å². The molecule has 1 N–H and O–H groups in total. The lowest BCUT2D eigenvalue weighted by Gasteiger charge is -2.11. The van der Waals surface area contributed by atoms with E-state index in [9.17, 15) is 9.18 Å². The number of rotatable bonds is 2. The van der Waals surface area contributed by atoms with Gasteiger partial charge in [-0.25, -0.2) is 9.37 Å². The molecule has 2 heterocycles. The van der Waals surface area contributed by atoms with Gasteiger partial charge in [-0.3, -0.25) is 9.79 Å². The number of pyridine rings is 1. The largest absolute Gasteiger partial charge is 0.308 e. The molecule has 1 atom stereocenters. The van der Waals surface area contributed by atoms with Crippen molar-refractivity contribution >= 4 is 17.4 Å². The fourth-order valence-electron chi connectivity index (χ4n) is 2.98. The molecule has 4 nitrogen and oxygen atoms in total. The van der Waals surface area contributed by atoms with E-state index in [2.05, 4.69) is 10.3 Å². The maximum absolute atomic E-state index is 13.4. The van der Waals surface area contributed by atoms with Gasteiger partial charge in [0, 0.05) is 16.8 Å². The van der Waals surface area contributed by atoms with Crippen LogP contribution in [0, 0.1) is 12.7 Å². The van der Waals surface area contributed by atoms with Gasteiger partial charge in [0.15, 0.2) is 6.04 Å². The van der Waals surface area contributed by atoms with Crippen molar-refractivity contribution in [3.05, 3.63) is 94.9 Å². The van der Waals surface area contributed by atoms with E-state index in [0.29, 0.717) is 17.1 Å². The molecule has 0 saturated carbocycles. The number of carbonyl (C=O) groups is 1. The summed E-state index contributed by atoms with van der Waals surface area (Å²) in [5.41, 5.74) is 3.64. The van der Waals surface area contributed by atoms with Crippen LogP contribution in [0.5, 0.6) is 0 Å². The fourth-order valence-corrected chi connectivity index (χ4v) is 2.98. The van der Waals surface area contributed by atoms with E-state index < -0.39 is 6.04 Å². The maximum atomic E-state index is 13.4. The van der Waals surface area contributed by atoms with E-state index in [1.807, 2.05) is 49.4 Å². The summed E-state index contributed by atoms with van der Waals surface area (Å²) >= 11 is 0. The number of anilines is 1. The number of benzene rings is 2. The topological polar surface area (TPSA) is 54.4 Å². The third kappa shape index (κ3) is 2.99. The Kier molecular flexibility index (Phi) is 4.05. The van der Waals surface area contributed by atoms with Gasteiger partial charge < -0.3 is 5.32 Å². The number of aromatic nitrogens is 1. The van der Waals surface area contributed by atoms with Gasteiger partial charge in [0.2, 0.25) is 0 Å². The average molecular weight is 345 g/mol. The molecule has 4 rings (SSSR count). The Morgan fingerprint density at radius 3 is 2.42 bits per heavy atom. The Hall–Kier alpha value is -3.34. The van der Waals surface area contributed by atoms with Crippen molar-refractivity contribution in [2.75, 3.05) is 5.32 Å². The lowest BCUT2D eigenvalue weighted by atomic mass is 10.0. The molecule has 1 aliphatic rings. The molecule has 128 valence electrons. The highest BCUT2D eigenvalue weighted by Gasteiger charge is 2.27. The Morgan fingerprint density at radius 2 is 1.69 bits per heavy atom. The molecule has 1 unspecified atom stereocenters. The predicted octanol–water partition coefficient (Wildman–Crippen LogP) is 4.06. The zero-order valence-corrected chi connectivity index (χ0v) is 14.1. The summed E-state index contributed by atoms with van der Waals surface area (Å²) in [5, 5.41) is 2.88. The highest BCUT2D eigenvalue weighted by Crippen LogP contribution is 2.29. The summed E-state index contributed by atoms with van der Waals surface area (Å²) in [6.45, 7) is 1.86. The van der Waals surface area contributed by atoms with Gasteiger partial charge in [-0.05, 0) is 48.9 Å². The lowest BCUT2D eigenvalue weighted by molar-refractivity contribution is -0.117. The van der Waals surface area contributed by atoms with Crippen LogP contribution in [0.15, 0.2) is 71.7 Å².